The van der Waals surface area contributed by atoms with E-state index in [4.69, 9.17) is 27.9 Å². The third-order valence-electron chi connectivity index (χ3n) is 3.70. The molecular weight excluding hydrogens is 484 g/mol. The molecule has 1 amide bonds. The maximum atomic E-state index is 13.0. The molecule has 2 aromatic carbocycles. The highest BCUT2D eigenvalue weighted by molar-refractivity contribution is 9.10. The Bertz CT molecular complexity index is 1040. The first-order valence-corrected chi connectivity index (χ1v) is 9.79. The summed E-state index contributed by atoms with van der Waals surface area (Å²) in [6.45, 7) is 0.230. The van der Waals surface area contributed by atoms with Crippen molar-refractivity contribution >= 4 is 51.3 Å². The minimum Gasteiger partial charge on any atom is -0.486 e. The second kappa shape index (κ2) is 9.82. The van der Waals surface area contributed by atoms with Gasteiger partial charge in [-0.2, -0.15) is 5.10 Å². The molecule has 3 aromatic rings. The molecule has 3 rings (SSSR count). The van der Waals surface area contributed by atoms with Crippen molar-refractivity contribution < 1.29 is 13.9 Å². The number of hydrogen-bond acceptors (Lipinski definition) is 4. The van der Waals surface area contributed by atoms with E-state index in [2.05, 4.69) is 31.4 Å². The van der Waals surface area contributed by atoms with Crippen molar-refractivity contribution in [1.29, 1.82) is 0 Å². The van der Waals surface area contributed by atoms with Crippen molar-refractivity contribution in [2.24, 2.45) is 5.10 Å². The number of ether oxygens (including phenoxy) is 1. The number of carbonyl (C=O) groups excluding carboxylic acids is 1. The second-order valence-electron chi connectivity index (χ2n) is 5.77. The van der Waals surface area contributed by atoms with E-state index in [1.54, 1.807) is 36.4 Å². The first-order valence-electron chi connectivity index (χ1n) is 8.24. The van der Waals surface area contributed by atoms with Crippen molar-refractivity contribution in [1.82, 2.24) is 10.4 Å². The molecule has 9 heteroatoms. The monoisotopic (exact) mass is 495 g/mol. The third kappa shape index (κ3) is 5.76. The van der Waals surface area contributed by atoms with E-state index in [9.17, 15) is 9.18 Å². The van der Waals surface area contributed by atoms with Gasteiger partial charge < -0.3 is 4.74 Å². The lowest BCUT2D eigenvalue weighted by Gasteiger charge is -2.11. The standard InChI is InChI=1S/C20H13BrCl2FN3O2/c21-16-8-13(10-26-27-20(28)15-2-1-7-25-19(15)23)9-17(22)18(16)29-11-12-3-5-14(24)6-4-12/h1-10H,11H2,(H,27,28). The average Bonchev–Trinajstić information content (AvgIpc) is 2.69. The van der Waals surface area contributed by atoms with Crippen molar-refractivity contribution in [2.45, 2.75) is 6.61 Å². The maximum absolute atomic E-state index is 13.0. The van der Waals surface area contributed by atoms with E-state index >= 15 is 0 Å². The Morgan fingerprint density at radius 1 is 1.24 bits per heavy atom. The van der Waals surface area contributed by atoms with Crippen LogP contribution in [0.1, 0.15) is 21.5 Å². The number of hydrazone groups is 1. The number of rotatable bonds is 6. The minimum atomic E-state index is -0.483. The molecule has 1 N–H and O–H groups in total. The van der Waals surface area contributed by atoms with Crippen molar-refractivity contribution in [3.63, 3.8) is 0 Å². The van der Waals surface area contributed by atoms with Crippen LogP contribution in [0.2, 0.25) is 10.2 Å². The lowest BCUT2D eigenvalue weighted by molar-refractivity contribution is 0.0955. The second-order valence-corrected chi connectivity index (χ2v) is 7.39. The highest BCUT2D eigenvalue weighted by Crippen LogP contribution is 2.34. The number of halogens is 4. The van der Waals surface area contributed by atoms with Gasteiger partial charge in [0, 0.05) is 6.20 Å². The summed E-state index contributed by atoms with van der Waals surface area (Å²) in [5, 5.41) is 4.35. The Hall–Kier alpha value is -2.48. The van der Waals surface area contributed by atoms with Crippen molar-refractivity contribution in [3.05, 3.63) is 91.9 Å². The summed E-state index contributed by atoms with van der Waals surface area (Å²) in [7, 11) is 0. The summed E-state index contributed by atoms with van der Waals surface area (Å²) in [4.78, 5) is 15.9. The first-order chi connectivity index (χ1) is 13.9. The first kappa shape index (κ1) is 21.2. The molecule has 0 aliphatic carbocycles. The van der Waals surface area contributed by atoms with Gasteiger partial charge in [0.1, 0.15) is 17.6 Å². The molecule has 0 aliphatic heterocycles. The lowest BCUT2D eigenvalue weighted by Crippen LogP contribution is -2.18. The Morgan fingerprint density at radius 3 is 2.69 bits per heavy atom. The summed E-state index contributed by atoms with van der Waals surface area (Å²) < 4.78 is 19.3. The number of carbonyl (C=O) groups is 1. The molecule has 0 radical (unpaired) electrons. The number of pyridine rings is 1. The lowest BCUT2D eigenvalue weighted by atomic mass is 10.2. The van der Waals surface area contributed by atoms with E-state index in [-0.39, 0.29) is 23.1 Å². The Morgan fingerprint density at radius 2 is 2.00 bits per heavy atom. The average molecular weight is 497 g/mol. The van der Waals surface area contributed by atoms with E-state index in [1.807, 2.05) is 0 Å². The number of hydrogen-bond donors (Lipinski definition) is 1. The Balaban J connectivity index is 1.65. The zero-order chi connectivity index (χ0) is 20.8. The molecular formula is C20H13BrCl2FN3O2. The van der Waals surface area contributed by atoms with Gasteiger partial charge in [-0.15, -0.1) is 0 Å². The molecule has 29 heavy (non-hydrogen) atoms. The molecule has 0 unspecified atom stereocenters. The van der Waals surface area contributed by atoms with Crippen LogP contribution < -0.4 is 10.2 Å². The van der Waals surface area contributed by atoms with Gasteiger partial charge in [-0.3, -0.25) is 4.79 Å². The number of nitrogens with one attached hydrogen (secondary N) is 1. The molecule has 0 bridgehead atoms. The fourth-order valence-corrected chi connectivity index (χ4v) is 3.50. The number of amides is 1. The summed E-state index contributed by atoms with van der Waals surface area (Å²) in [6, 6.07) is 12.5. The van der Waals surface area contributed by atoms with Gasteiger partial charge in [0.2, 0.25) is 0 Å². The molecule has 148 valence electrons. The van der Waals surface area contributed by atoms with Crippen LogP contribution in [0.5, 0.6) is 5.75 Å². The highest BCUT2D eigenvalue weighted by Gasteiger charge is 2.11. The van der Waals surface area contributed by atoms with Gasteiger partial charge in [0.15, 0.2) is 5.75 Å². The van der Waals surface area contributed by atoms with Crippen LogP contribution >= 0.6 is 39.1 Å². The molecule has 1 heterocycles. The van der Waals surface area contributed by atoms with Gasteiger partial charge in [-0.25, -0.2) is 14.8 Å². The molecule has 0 atom stereocenters. The fourth-order valence-electron chi connectivity index (χ4n) is 2.31. The Kier molecular flexibility index (Phi) is 7.19. The van der Waals surface area contributed by atoms with E-state index < -0.39 is 5.91 Å². The zero-order valence-electron chi connectivity index (χ0n) is 14.7. The third-order valence-corrected chi connectivity index (χ3v) is 4.87. The summed E-state index contributed by atoms with van der Waals surface area (Å²) in [5.74, 6) is -0.349. The summed E-state index contributed by atoms with van der Waals surface area (Å²) in [6.07, 6.45) is 2.92. The van der Waals surface area contributed by atoms with Crippen LogP contribution in [0.25, 0.3) is 0 Å². The fraction of sp³-hybridized carbons (Fsp3) is 0.0500. The normalized spacial score (nSPS) is 10.9. The predicted molar refractivity (Wildman–Crippen MR) is 114 cm³/mol. The molecule has 0 spiro atoms. The van der Waals surface area contributed by atoms with Crippen LogP contribution in [0.3, 0.4) is 0 Å². The molecule has 0 saturated heterocycles. The predicted octanol–water partition coefficient (Wildman–Crippen LogP) is 5.63. The van der Waals surface area contributed by atoms with Gasteiger partial charge in [0.25, 0.3) is 5.91 Å². The Labute approximate surface area is 184 Å². The SMILES string of the molecule is O=C(NN=Cc1cc(Cl)c(OCc2ccc(F)cc2)c(Br)c1)c1cccnc1Cl. The quantitative estimate of drug-likeness (QED) is 0.273. The van der Waals surface area contributed by atoms with Crippen LogP contribution in [0, 0.1) is 5.82 Å². The smallest absolute Gasteiger partial charge is 0.274 e. The van der Waals surface area contributed by atoms with Crippen LogP contribution in [-0.4, -0.2) is 17.1 Å². The largest absolute Gasteiger partial charge is 0.486 e. The number of aromatic nitrogens is 1. The minimum absolute atomic E-state index is 0.0913. The van der Waals surface area contributed by atoms with Crippen LogP contribution in [-0.2, 0) is 6.61 Å². The maximum Gasteiger partial charge on any atom is 0.274 e. The van der Waals surface area contributed by atoms with Crippen molar-refractivity contribution in [3.8, 4) is 5.75 Å². The number of benzene rings is 2. The van der Waals surface area contributed by atoms with Crippen molar-refractivity contribution in [2.75, 3.05) is 0 Å². The number of nitrogens with zero attached hydrogens (tertiary/aromatic N) is 2. The van der Waals surface area contributed by atoms with Gasteiger partial charge in [0.05, 0.1) is 21.3 Å². The van der Waals surface area contributed by atoms with Gasteiger partial charge >= 0.3 is 0 Å². The topological polar surface area (TPSA) is 63.6 Å². The molecule has 0 saturated carbocycles. The van der Waals surface area contributed by atoms with Gasteiger partial charge in [-0.1, -0.05) is 35.3 Å². The zero-order valence-corrected chi connectivity index (χ0v) is 17.8. The highest BCUT2D eigenvalue weighted by atomic mass is 79.9. The molecule has 0 aliphatic rings. The molecule has 0 fully saturated rings. The summed E-state index contributed by atoms with van der Waals surface area (Å²) >= 11 is 15.6. The van der Waals surface area contributed by atoms with E-state index in [1.165, 1.54) is 24.5 Å². The molecule has 1 aromatic heterocycles. The summed E-state index contributed by atoms with van der Waals surface area (Å²) in [5.41, 5.74) is 4.03. The van der Waals surface area contributed by atoms with Crippen LogP contribution in [0.15, 0.2) is 64.3 Å². The van der Waals surface area contributed by atoms with E-state index in [0.29, 0.717) is 20.8 Å². The molecule has 5 nitrogen and oxygen atoms in total. The van der Waals surface area contributed by atoms with E-state index in [0.717, 1.165) is 5.56 Å². The van der Waals surface area contributed by atoms with Gasteiger partial charge in [-0.05, 0) is 63.5 Å². The van der Waals surface area contributed by atoms with Crippen LogP contribution in [0.4, 0.5) is 4.39 Å².